The van der Waals surface area contributed by atoms with E-state index in [1.807, 2.05) is 12.1 Å². The van der Waals surface area contributed by atoms with Crippen molar-refractivity contribution in [2.24, 2.45) is 0 Å². The zero-order chi connectivity index (χ0) is 17.0. The first-order valence-corrected chi connectivity index (χ1v) is 8.07. The average Bonchev–Trinajstić information content (AvgIpc) is 2.85. The van der Waals surface area contributed by atoms with Crippen LogP contribution in [0.3, 0.4) is 0 Å². The summed E-state index contributed by atoms with van der Waals surface area (Å²) >= 11 is 0. The van der Waals surface area contributed by atoms with E-state index < -0.39 is 11.7 Å². The molecule has 1 unspecified atom stereocenters. The molecule has 0 radical (unpaired) electrons. The standard InChI is InChI=1S/C18H20F3N3/c19-18(20,21)16-6-4-14(5-7-16)17(15-3-1-8-23-13-15)24-11-2-9-22-10-12-24/h1,3-8,13,17,22H,2,9-12H2. The first-order chi connectivity index (χ1) is 11.6. The Morgan fingerprint density at radius 2 is 1.79 bits per heavy atom. The monoisotopic (exact) mass is 335 g/mol. The van der Waals surface area contributed by atoms with Crippen molar-refractivity contribution in [3.63, 3.8) is 0 Å². The van der Waals surface area contributed by atoms with Crippen LogP contribution in [0.25, 0.3) is 0 Å². The molecule has 0 aliphatic carbocycles. The quantitative estimate of drug-likeness (QED) is 0.931. The van der Waals surface area contributed by atoms with Crippen LogP contribution in [0.4, 0.5) is 13.2 Å². The zero-order valence-corrected chi connectivity index (χ0v) is 13.3. The lowest BCUT2D eigenvalue weighted by atomic mass is 9.97. The highest BCUT2D eigenvalue weighted by atomic mass is 19.4. The topological polar surface area (TPSA) is 28.2 Å². The van der Waals surface area contributed by atoms with Crippen molar-refractivity contribution in [3.05, 3.63) is 65.5 Å². The van der Waals surface area contributed by atoms with Gasteiger partial charge in [-0.15, -0.1) is 0 Å². The third-order valence-electron chi connectivity index (χ3n) is 4.29. The molecule has 1 atom stereocenters. The second kappa shape index (κ2) is 7.32. The number of hydrogen-bond donors (Lipinski definition) is 1. The first-order valence-electron chi connectivity index (χ1n) is 8.07. The molecule has 128 valence electrons. The fourth-order valence-electron chi connectivity index (χ4n) is 3.13. The molecule has 1 aromatic heterocycles. The van der Waals surface area contributed by atoms with Crippen LogP contribution in [0.15, 0.2) is 48.8 Å². The summed E-state index contributed by atoms with van der Waals surface area (Å²) in [6, 6.07) is 9.25. The molecule has 1 fully saturated rings. The molecule has 2 heterocycles. The highest BCUT2D eigenvalue weighted by Gasteiger charge is 2.31. The molecular weight excluding hydrogens is 315 g/mol. The Bertz CT molecular complexity index is 633. The van der Waals surface area contributed by atoms with Gasteiger partial charge >= 0.3 is 6.18 Å². The molecule has 0 saturated carbocycles. The van der Waals surface area contributed by atoms with Crippen LogP contribution in [-0.4, -0.2) is 36.1 Å². The van der Waals surface area contributed by atoms with Gasteiger partial charge in [0.15, 0.2) is 0 Å². The van der Waals surface area contributed by atoms with Gasteiger partial charge in [-0.3, -0.25) is 9.88 Å². The minimum atomic E-state index is -4.31. The number of alkyl halides is 3. The van der Waals surface area contributed by atoms with Gasteiger partial charge in [-0.1, -0.05) is 18.2 Å². The molecular formula is C18H20F3N3. The maximum Gasteiger partial charge on any atom is 0.416 e. The minimum absolute atomic E-state index is 0.0825. The molecule has 2 aromatic rings. The largest absolute Gasteiger partial charge is 0.416 e. The molecule has 1 N–H and O–H groups in total. The van der Waals surface area contributed by atoms with E-state index in [2.05, 4.69) is 15.2 Å². The summed E-state index contributed by atoms with van der Waals surface area (Å²) in [5.74, 6) is 0. The van der Waals surface area contributed by atoms with Gasteiger partial charge in [-0.25, -0.2) is 0 Å². The number of nitrogens with one attached hydrogen (secondary N) is 1. The molecule has 3 nitrogen and oxygen atoms in total. The summed E-state index contributed by atoms with van der Waals surface area (Å²) in [4.78, 5) is 6.49. The lowest BCUT2D eigenvalue weighted by molar-refractivity contribution is -0.137. The summed E-state index contributed by atoms with van der Waals surface area (Å²) in [6.07, 6.45) is 0.199. The predicted octanol–water partition coefficient (Wildman–Crippen LogP) is 3.49. The Morgan fingerprint density at radius 1 is 1.00 bits per heavy atom. The number of pyridine rings is 1. The van der Waals surface area contributed by atoms with Crippen LogP contribution >= 0.6 is 0 Å². The molecule has 3 rings (SSSR count). The minimum Gasteiger partial charge on any atom is -0.315 e. The van der Waals surface area contributed by atoms with Gasteiger partial charge in [-0.05, 0) is 42.3 Å². The van der Waals surface area contributed by atoms with Gasteiger partial charge in [0.25, 0.3) is 0 Å². The number of aromatic nitrogens is 1. The van der Waals surface area contributed by atoms with Gasteiger partial charge in [0, 0.05) is 32.0 Å². The molecule has 0 amide bonds. The van der Waals surface area contributed by atoms with Crippen molar-refractivity contribution in [3.8, 4) is 0 Å². The summed E-state index contributed by atoms with van der Waals surface area (Å²) in [7, 11) is 0. The third-order valence-corrected chi connectivity index (χ3v) is 4.29. The number of halogens is 3. The molecule has 1 aliphatic rings. The molecule has 0 bridgehead atoms. The van der Waals surface area contributed by atoms with E-state index in [-0.39, 0.29) is 6.04 Å². The average molecular weight is 335 g/mol. The summed E-state index contributed by atoms with van der Waals surface area (Å²) in [6.45, 7) is 3.58. The van der Waals surface area contributed by atoms with Crippen molar-refractivity contribution in [1.82, 2.24) is 15.2 Å². The second-order valence-electron chi connectivity index (χ2n) is 5.95. The fourth-order valence-corrected chi connectivity index (χ4v) is 3.13. The van der Waals surface area contributed by atoms with Crippen molar-refractivity contribution >= 4 is 0 Å². The summed E-state index contributed by atoms with van der Waals surface area (Å²) in [5.41, 5.74) is 1.24. The van der Waals surface area contributed by atoms with E-state index in [1.165, 1.54) is 0 Å². The van der Waals surface area contributed by atoms with Gasteiger partial charge < -0.3 is 5.32 Å². The highest BCUT2D eigenvalue weighted by molar-refractivity contribution is 5.33. The third kappa shape index (κ3) is 3.94. The van der Waals surface area contributed by atoms with Crippen LogP contribution in [0.1, 0.15) is 29.2 Å². The molecule has 0 spiro atoms. The summed E-state index contributed by atoms with van der Waals surface area (Å²) < 4.78 is 38.5. The van der Waals surface area contributed by atoms with E-state index >= 15 is 0 Å². The zero-order valence-electron chi connectivity index (χ0n) is 13.3. The predicted molar refractivity (Wildman–Crippen MR) is 86.6 cm³/mol. The van der Waals surface area contributed by atoms with Crippen LogP contribution < -0.4 is 5.32 Å². The number of benzene rings is 1. The Morgan fingerprint density at radius 3 is 2.46 bits per heavy atom. The Labute approximate surface area is 139 Å². The maximum absolute atomic E-state index is 12.8. The van der Waals surface area contributed by atoms with E-state index in [1.54, 1.807) is 24.5 Å². The Hall–Kier alpha value is -1.92. The highest BCUT2D eigenvalue weighted by Crippen LogP contribution is 2.33. The van der Waals surface area contributed by atoms with Crippen molar-refractivity contribution in [2.45, 2.75) is 18.6 Å². The van der Waals surface area contributed by atoms with Crippen molar-refractivity contribution < 1.29 is 13.2 Å². The van der Waals surface area contributed by atoms with Gasteiger partial charge in [0.05, 0.1) is 11.6 Å². The van der Waals surface area contributed by atoms with Gasteiger partial charge in [-0.2, -0.15) is 13.2 Å². The van der Waals surface area contributed by atoms with E-state index in [0.29, 0.717) is 0 Å². The van der Waals surface area contributed by atoms with Crippen molar-refractivity contribution in [2.75, 3.05) is 26.2 Å². The fraction of sp³-hybridized carbons (Fsp3) is 0.389. The SMILES string of the molecule is FC(F)(F)c1ccc(C(c2cccnc2)N2CCCNCC2)cc1. The van der Waals surface area contributed by atoms with E-state index in [0.717, 1.165) is 55.9 Å². The Balaban J connectivity index is 1.95. The van der Waals surface area contributed by atoms with Crippen molar-refractivity contribution in [1.29, 1.82) is 0 Å². The molecule has 1 saturated heterocycles. The number of nitrogens with zero attached hydrogens (tertiary/aromatic N) is 2. The number of rotatable bonds is 3. The first kappa shape index (κ1) is 16.9. The molecule has 1 aliphatic heterocycles. The second-order valence-corrected chi connectivity index (χ2v) is 5.95. The van der Waals surface area contributed by atoms with Gasteiger partial charge in [0.2, 0.25) is 0 Å². The lowest BCUT2D eigenvalue weighted by Gasteiger charge is -2.31. The van der Waals surface area contributed by atoms with Gasteiger partial charge in [0.1, 0.15) is 0 Å². The lowest BCUT2D eigenvalue weighted by Crippen LogP contribution is -2.33. The van der Waals surface area contributed by atoms with Crippen LogP contribution in [0.5, 0.6) is 0 Å². The molecule has 24 heavy (non-hydrogen) atoms. The van der Waals surface area contributed by atoms with Crippen LogP contribution in [0.2, 0.25) is 0 Å². The van der Waals surface area contributed by atoms with Crippen LogP contribution in [0, 0.1) is 0 Å². The van der Waals surface area contributed by atoms with E-state index in [9.17, 15) is 13.2 Å². The smallest absolute Gasteiger partial charge is 0.315 e. The number of hydrogen-bond acceptors (Lipinski definition) is 3. The molecule has 1 aromatic carbocycles. The van der Waals surface area contributed by atoms with Crippen LogP contribution in [-0.2, 0) is 6.18 Å². The van der Waals surface area contributed by atoms with E-state index in [4.69, 9.17) is 0 Å². The molecule has 6 heteroatoms. The maximum atomic E-state index is 12.8. The normalized spacial score (nSPS) is 18.1. The Kier molecular flexibility index (Phi) is 5.16. The summed E-state index contributed by atoms with van der Waals surface area (Å²) in [5, 5.41) is 3.36.